The summed E-state index contributed by atoms with van der Waals surface area (Å²) >= 11 is 5.93. The Hall–Kier alpha value is -1.26. The van der Waals surface area contributed by atoms with Crippen molar-refractivity contribution in [2.24, 2.45) is 0 Å². The second-order valence-corrected chi connectivity index (χ2v) is 5.82. The predicted molar refractivity (Wildman–Crippen MR) is 84.8 cm³/mol. The molecule has 1 aromatic rings. The van der Waals surface area contributed by atoms with Crippen LogP contribution < -0.4 is 10.1 Å². The Balaban J connectivity index is 1.92. The molecule has 1 aliphatic rings. The van der Waals surface area contributed by atoms with Crippen molar-refractivity contribution in [2.75, 3.05) is 19.6 Å². The molecule has 116 valence electrons. The number of likely N-dealkylation sites (N-methyl/N-ethyl adjacent to an activating group) is 1. The topological polar surface area (TPSA) is 41.6 Å². The molecule has 2 unspecified atom stereocenters. The minimum atomic E-state index is -0.509. The van der Waals surface area contributed by atoms with Crippen molar-refractivity contribution in [3.05, 3.63) is 29.3 Å². The number of carbonyl (C=O) groups is 1. The third-order valence-corrected chi connectivity index (χ3v) is 3.99. The zero-order valence-corrected chi connectivity index (χ0v) is 13.4. The first-order chi connectivity index (χ1) is 10.1. The van der Waals surface area contributed by atoms with Crippen LogP contribution in [0.3, 0.4) is 0 Å². The van der Waals surface area contributed by atoms with Crippen LogP contribution in [0.4, 0.5) is 0 Å². The van der Waals surface area contributed by atoms with E-state index >= 15 is 0 Å². The number of nitrogens with one attached hydrogen (secondary N) is 1. The first kappa shape index (κ1) is 16.1. The van der Waals surface area contributed by atoms with Gasteiger partial charge in [-0.1, -0.05) is 17.7 Å². The van der Waals surface area contributed by atoms with Crippen LogP contribution in [0.2, 0.25) is 5.02 Å². The molecule has 0 spiro atoms. The summed E-state index contributed by atoms with van der Waals surface area (Å²) in [6.45, 7) is 6.27. The van der Waals surface area contributed by atoms with E-state index in [0.29, 0.717) is 23.4 Å². The fraction of sp³-hybridized carbons (Fsp3) is 0.562. The number of halogens is 1. The van der Waals surface area contributed by atoms with Gasteiger partial charge in [0.15, 0.2) is 6.10 Å². The molecule has 0 radical (unpaired) electrons. The average molecular weight is 311 g/mol. The molecule has 1 saturated heterocycles. The van der Waals surface area contributed by atoms with E-state index in [0.717, 1.165) is 19.5 Å². The molecule has 0 bridgehead atoms. The lowest BCUT2D eigenvalue weighted by Crippen LogP contribution is -2.46. The fourth-order valence-electron chi connectivity index (χ4n) is 2.61. The van der Waals surface area contributed by atoms with E-state index in [4.69, 9.17) is 16.3 Å². The van der Waals surface area contributed by atoms with Gasteiger partial charge in [-0.2, -0.15) is 0 Å². The first-order valence-corrected chi connectivity index (χ1v) is 7.92. The van der Waals surface area contributed by atoms with Crippen molar-refractivity contribution in [1.82, 2.24) is 10.2 Å². The Kier molecular flexibility index (Phi) is 5.88. The molecule has 21 heavy (non-hydrogen) atoms. The number of carbonyl (C=O) groups excluding carboxylic acids is 1. The van der Waals surface area contributed by atoms with Gasteiger partial charge in [0, 0.05) is 24.2 Å². The molecule has 0 saturated carbocycles. The zero-order chi connectivity index (χ0) is 15.2. The molecular formula is C16H23ClN2O2. The summed E-state index contributed by atoms with van der Waals surface area (Å²) in [4.78, 5) is 14.4. The molecule has 0 aromatic heterocycles. The second-order valence-electron chi connectivity index (χ2n) is 5.39. The summed E-state index contributed by atoms with van der Waals surface area (Å²) in [6.07, 6.45) is 1.81. The first-order valence-electron chi connectivity index (χ1n) is 7.54. The smallest absolute Gasteiger partial charge is 0.263 e. The third-order valence-electron chi connectivity index (χ3n) is 3.75. The second kappa shape index (κ2) is 7.66. The van der Waals surface area contributed by atoms with Gasteiger partial charge in [0.05, 0.1) is 0 Å². The van der Waals surface area contributed by atoms with Crippen molar-refractivity contribution >= 4 is 17.5 Å². The van der Waals surface area contributed by atoms with Gasteiger partial charge in [-0.15, -0.1) is 0 Å². The van der Waals surface area contributed by atoms with Crippen LogP contribution in [0.15, 0.2) is 24.3 Å². The number of hydrogen-bond donors (Lipinski definition) is 1. The van der Waals surface area contributed by atoms with E-state index in [-0.39, 0.29) is 5.91 Å². The Labute approximate surface area is 131 Å². The largest absolute Gasteiger partial charge is 0.481 e. The third kappa shape index (κ3) is 4.61. The zero-order valence-electron chi connectivity index (χ0n) is 12.6. The minimum Gasteiger partial charge on any atom is -0.481 e. The van der Waals surface area contributed by atoms with Gasteiger partial charge in [0.25, 0.3) is 5.91 Å². The summed E-state index contributed by atoms with van der Waals surface area (Å²) in [5.74, 6) is 0.643. The molecule has 2 rings (SSSR count). The van der Waals surface area contributed by atoms with Gasteiger partial charge in [0.2, 0.25) is 0 Å². The van der Waals surface area contributed by atoms with Crippen LogP contribution in [0, 0.1) is 0 Å². The van der Waals surface area contributed by atoms with E-state index in [1.54, 1.807) is 19.1 Å². The highest BCUT2D eigenvalue weighted by molar-refractivity contribution is 6.30. The minimum absolute atomic E-state index is 0.0196. The van der Waals surface area contributed by atoms with E-state index in [9.17, 15) is 4.79 Å². The number of benzene rings is 1. The molecular weight excluding hydrogens is 288 g/mol. The van der Waals surface area contributed by atoms with E-state index in [2.05, 4.69) is 5.32 Å². The summed E-state index contributed by atoms with van der Waals surface area (Å²) in [7, 11) is 0. The SMILES string of the molecule is CCN(CC1CCCN1)C(=O)C(C)Oc1cccc(Cl)c1. The van der Waals surface area contributed by atoms with Crippen molar-refractivity contribution in [2.45, 2.75) is 38.8 Å². The number of hydrogen-bond acceptors (Lipinski definition) is 3. The van der Waals surface area contributed by atoms with E-state index in [1.807, 2.05) is 24.0 Å². The molecule has 1 aromatic carbocycles. The lowest BCUT2D eigenvalue weighted by Gasteiger charge is -2.27. The molecule has 1 amide bonds. The standard InChI is InChI=1S/C16H23ClN2O2/c1-3-19(11-14-7-5-9-18-14)16(20)12(2)21-15-8-4-6-13(17)10-15/h4,6,8,10,12,14,18H,3,5,7,9,11H2,1-2H3. The number of rotatable bonds is 6. The van der Waals surface area contributed by atoms with Crippen molar-refractivity contribution in [3.8, 4) is 5.75 Å². The summed E-state index contributed by atoms with van der Waals surface area (Å²) in [5.41, 5.74) is 0. The lowest BCUT2D eigenvalue weighted by molar-refractivity contribution is -0.138. The van der Waals surface area contributed by atoms with Crippen LogP contribution in [0.1, 0.15) is 26.7 Å². The van der Waals surface area contributed by atoms with Crippen LogP contribution in [0.5, 0.6) is 5.75 Å². The molecule has 1 fully saturated rings. The molecule has 0 aliphatic carbocycles. The van der Waals surface area contributed by atoms with Crippen LogP contribution >= 0.6 is 11.6 Å². The number of nitrogens with zero attached hydrogens (tertiary/aromatic N) is 1. The van der Waals surface area contributed by atoms with Gasteiger partial charge in [-0.05, 0) is 51.4 Å². The van der Waals surface area contributed by atoms with Crippen molar-refractivity contribution in [1.29, 1.82) is 0 Å². The molecule has 4 nitrogen and oxygen atoms in total. The highest BCUT2D eigenvalue weighted by Gasteiger charge is 2.25. The molecule has 1 N–H and O–H groups in total. The quantitative estimate of drug-likeness (QED) is 0.878. The molecule has 2 atom stereocenters. The van der Waals surface area contributed by atoms with Crippen LogP contribution in [0.25, 0.3) is 0 Å². The maximum atomic E-state index is 12.5. The van der Waals surface area contributed by atoms with Crippen molar-refractivity contribution in [3.63, 3.8) is 0 Å². The monoisotopic (exact) mass is 310 g/mol. The number of amides is 1. The maximum Gasteiger partial charge on any atom is 0.263 e. The Morgan fingerprint density at radius 2 is 2.38 bits per heavy atom. The van der Waals surface area contributed by atoms with Gasteiger partial charge >= 0.3 is 0 Å². The summed E-state index contributed by atoms with van der Waals surface area (Å²) in [5, 5.41) is 4.03. The molecule has 1 heterocycles. The average Bonchev–Trinajstić information content (AvgIpc) is 2.97. The summed E-state index contributed by atoms with van der Waals surface area (Å²) < 4.78 is 5.71. The van der Waals surface area contributed by atoms with Gasteiger partial charge in [-0.25, -0.2) is 0 Å². The van der Waals surface area contributed by atoms with E-state index in [1.165, 1.54) is 6.42 Å². The highest BCUT2D eigenvalue weighted by Crippen LogP contribution is 2.19. The number of ether oxygens (including phenoxy) is 1. The van der Waals surface area contributed by atoms with Crippen LogP contribution in [-0.2, 0) is 4.79 Å². The van der Waals surface area contributed by atoms with Crippen LogP contribution in [-0.4, -0.2) is 42.6 Å². The predicted octanol–water partition coefficient (Wildman–Crippen LogP) is 2.71. The molecule has 1 aliphatic heterocycles. The fourth-order valence-corrected chi connectivity index (χ4v) is 2.79. The normalized spacial score (nSPS) is 19.3. The van der Waals surface area contributed by atoms with Gasteiger partial charge in [0.1, 0.15) is 5.75 Å². The van der Waals surface area contributed by atoms with Gasteiger partial charge < -0.3 is 15.0 Å². The highest BCUT2D eigenvalue weighted by atomic mass is 35.5. The summed E-state index contributed by atoms with van der Waals surface area (Å²) in [6, 6.07) is 7.54. The lowest BCUT2D eigenvalue weighted by atomic mass is 10.2. The Morgan fingerprint density at radius 1 is 1.57 bits per heavy atom. The maximum absolute atomic E-state index is 12.5. The Morgan fingerprint density at radius 3 is 3.00 bits per heavy atom. The Bertz CT molecular complexity index is 475. The van der Waals surface area contributed by atoms with Gasteiger partial charge in [-0.3, -0.25) is 4.79 Å². The molecule has 5 heteroatoms. The van der Waals surface area contributed by atoms with E-state index < -0.39 is 6.10 Å². The van der Waals surface area contributed by atoms with Crippen molar-refractivity contribution < 1.29 is 9.53 Å².